The highest BCUT2D eigenvalue weighted by atomic mass is 32.2. The first-order chi connectivity index (χ1) is 9.10. The predicted octanol–water partition coefficient (Wildman–Crippen LogP) is 2.57. The van der Waals surface area contributed by atoms with Gasteiger partial charge in [0.25, 0.3) is 5.22 Å². The summed E-state index contributed by atoms with van der Waals surface area (Å²) >= 11 is 1.47. The maximum absolute atomic E-state index is 6.06. The molecule has 1 heterocycles. The van der Waals surface area contributed by atoms with Crippen LogP contribution in [-0.2, 0) is 0 Å². The number of hydrogen-bond donors (Lipinski definition) is 1. The highest BCUT2D eigenvalue weighted by molar-refractivity contribution is 7.99. The van der Waals surface area contributed by atoms with Gasteiger partial charge in [0, 0.05) is 13.0 Å². The zero-order valence-electron chi connectivity index (χ0n) is 11.2. The summed E-state index contributed by atoms with van der Waals surface area (Å²) in [5, 5.41) is 8.39. The van der Waals surface area contributed by atoms with Crippen molar-refractivity contribution in [1.29, 1.82) is 0 Å². The van der Waals surface area contributed by atoms with Crippen LogP contribution in [-0.4, -0.2) is 23.3 Å². The number of aromatic nitrogens is 2. The Morgan fingerprint density at radius 2 is 2.16 bits per heavy atom. The fourth-order valence-electron chi connectivity index (χ4n) is 1.73. The van der Waals surface area contributed by atoms with Crippen molar-refractivity contribution < 1.29 is 9.15 Å². The molecule has 0 amide bonds. The lowest BCUT2D eigenvalue weighted by Gasteiger charge is -2.19. The molecule has 0 bridgehead atoms. The minimum Gasteiger partial charge on any atom is -0.497 e. The number of hydrogen-bond acceptors (Lipinski definition) is 6. The molecule has 0 aliphatic rings. The number of thioether (sulfide) groups is 1. The Morgan fingerprint density at radius 3 is 2.74 bits per heavy atom. The Morgan fingerprint density at radius 1 is 1.37 bits per heavy atom. The third kappa shape index (κ3) is 3.48. The molecule has 2 unspecified atom stereocenters. The van der Waals surface area contributed by atoms with Crippen LogP contribution < -0.4 is 10.5 Å². The van der Waals surface area contributed by atoms with E-state index in [4.69, 9.17) is 14.9 Å². The summed E-state index contributed by atoms with van der Waals surface area (Å²) in [6.45, 7) is 3.73. The Labute approximate surface area is 116 Å². The molecule has 2 N–H and O–H groups in total. The van der Waals surface area contributed by atoms with Crippen LogP contribution in [0.5, 0.6) is 5.75 Å². The Hall–Kier alpha value is -1.53. The van der Waals surface area contributed by atoms with Gasteiger partial charge in [-0.1, -0.05) is 23.9 Å². The number of rotatable bonds is 5. The molecule has 102 valence electrons. The molecule has 0 aliphatic heterocycles. The Kier molecular flexibility index (Phi) is 4.44. The van der Waals surface area contributed by atoms with Crippen molar-refractivity contribution >= 4 is 11.8 Å². The average molecular weight is 279 g/mol. The van der Waals surface area contributed by atoms with Crippen molar-refractivity contribution in [3.63, 3.8) is 0 Å². The van der Waals surface area contributed by atoms with Gasteiger partial charge in [0.2, 0.25) is 5.89 Å². The van der Waals surface area contributed by atoms with Crippen LogP contribution in [0.15, 0.2) is 33.9 Å². The largest absolute Gasteiger partial charge is 0.497 e. The summed E-state index contributed by atoms with van der Waals surface area (Å²) < 4.78 is 10.6. The molecule has 2 rings (SSSR count). The highest BCUT2D eigenvalue weighted by Crippen LogP contribution is 2.37. The van der Waals surface area contributed by atoms with Crippen LogP contribution in [0.2, 0.25) is 0 Å². The monoisotopic (exact) mass is 279 g/mol. The molecule has 1 aromatic heterocycles. The van der Waals surface area contributed by atoms with Crippen molar-refractivity contribution in [1.82, 2.24) is 10.2 Å². The topological polar surface area (TPSA) is 74.2 Å². The second-order valence-electron chi connectivity index (χ2n) is 4.26. The van der Waals surface area contributed by atoms with Gasteiger partial charge in [0.1, 0.15) is 5.75 Å². The standard InChI is InChI=1S/C13H17N3O2S/c1-8(14)12(19-13-16-15-9(2)18-13)10-5-4-6-11(7-10)17-3/h4-8,12H,14H2,1-3H3. The van der Waals surface area contributed by atoms with Crippen LogP contribution in [0.1, 0.15) is 23.6 Å². The van der Waals surface area contributed by atoms with E-state index >= 15 is 0 Å². The number of aryl methyl sites for hydroxylation is 1. The lowest BCUT2D eigenvalue weighted by atomic mass is 10.1. The molecule has 0 aliphatic carbocycles. The smallest absolute Gasteiger partial charge is 0.277 e. The van der Waals surface area contributed by atoms with Gasteiger partial charge in [-0.3, -0.25) is 0 Å². The van der Waals surface area contributed by atoms with Crippen LogP contribution in [0.4, 0.5) is 0 Å². The molecule has 5 nitrogen and oxygen atoms in total. The summed E-state index contributed by atoms with van der Waals surface area (Å²) in [5.74, 6) is 1.36. The fourth-order valence-corrected chi connectivity index (χ4v) is 2.70. The van der Waals surface area contributed by atoms with Gasteiger partial charge in [-0.25, -0.2) is 0 Å². The summed E-state index contributed by atoms with van der Waals surface area (Å²) in [5.41, 5.74) is 7.14. The van der Waals surface area contributed by atoms with E-state index in [1.165, 1.54) is 11.8 Å². The third-order valence-corrected chi connectivity index (χ3v) is 3.96. The summed E-state index contributed by atoms with van der Waals surface area (Å²) in [4.78, 5) is 0. The zero-order valence-corrected chi connectivity index (χ0v) is 12.0. The Bertz CT molecular complexity index is 542. The predicted molar refractivity (Wildman–Crippen MR) is 74.3 cm³/mol. The molecule has 0 radical (unpaired) electrons. The number of nitrogens with two attached hydrogens (primary N) is 1. The van der Waals surface area contributed by atoms with E-state index in [1.807, 2.05) is 31.2 Å². The fraction of sp³-hybridized carbons (Fsp3) is 0.385. The van der Waals surface area contributed by atoms with Gasteiger partial charge >= 0.3 is 0 Å². The molecule has 19 heavy (non-hydrogen) atoms. The first-order valence-corrected chi connectivity index (χ1v) is 6.84. The third-order valence-electron chi connectivity index (χ3n) is 2.64. The van der Waals surface area contributed by atoms with Crippen molar-refractivity contribution in [2.24, 2.45) is 5.73 Å². The van der Waals surface area contributed by atoms with Gasteiger partial charge in [0.05, 0.1) is 12.4 Å². The van der Waals surface area contributed by atoms with Crippen LogP contribution in [0.3, 0.4) is 0 Å². The van der Waals surface area contributed by atoms with E-state index in [9.17, 15) is 0 Å². The lowest BCUT2D eigenvalue weighted by molar-refractivity contribution is 0.414. The first-order valence-electron chi connectivity index (χ1n) is 5.96. The van der Waals surface area contributed by atoms with Crippen LogP contribution in [0, 0.1) is 6.92 Å². The molecule has 0 saturated heterocycles. The number of benzene rings is 1. The summed E-state index contributed by atoms with van der Waals surface area (Å²) in [6, 6.07) is 7.80. The van der Waals surface area contributed by atoms with E-state index in [0.29, 0.717) is 11.1 Å². The normalized spacial score (nSPS) is 14.1. The SMILES string of the molecule is COc1cccc(C(Sc2nnc(C)o2)C(C)N)c1. The maximum atomic E-state index is 6.06. The van der Waals surface area contributed by atoms with Crippen molar-refractivity contribution in [2.45, 2.75) is 30.4 Å². The maximum Gasteiger partial charge on any atom is 0.277 e. The molecule has 0 fully saturated rings. The molecule has 1 aromatic carbocycles. The molecule has 2 atom stereocenters. The molecule has 2 aromatic rings. The van der Waals surface area contributed by atoms with Gasteiger partial charge in [0.15, 0.2) is 0 Å². The van der Waals surface area contributed by atoms with Crippen LogP contribution >= 0.6 is 11.8 Å². The molecular formula is C13H17N3O2S. The summed E-state index contributed by atoms with van der Waals surface area (Å²) in [7, 11) is 1.65. The van der Waals surface area contributed by atoms with Gasteiger partial charge in [-0.2, -0.15) is 0 Å². The average Bonchev–Trinajstić information content (AvgIpc) is 2.81. The van der Waals surface area contributed by atoms with Crippen LogP contribution in [0.25, 0.3) is 0 Å². The number of ether oxygens (including phenoxy) is 1. The minimum absolute atomic E-state index is 0.0370. The van der Waals surface area contributed by atoms with E-state index < -0.39 is 0 Å². The molecule has 6 heteroatoms. The van der Waals surface area contributed by atoms with E-state index in [0.717, 1.165) is 11.3 Å². The van der Waals surface area contributed by atoms with E-state index in [2.05, 4.69) is 10.2 Å². The zero-order chi connectivity index (χ0) is 13.8. The Balaban J connectivity index is 2.24. The number of nitrogens with zero attached hydrogens (tertiary/aromatic N) is 2. The van der Waals surface area contributed by atoms with E-state index in [-0.39, 0.29) is 11.3 Å². The first kappa shape index (κ1) is 13.9. The molecule has 0 saturated carbocycles. The number of methoxy groups -OCH3 is 1. The van der Waals surface area contributed by atoms with Crippen molar-refractivity contribution in [3.8, 4) is 5.75 Å². The highest BCUT2D eigenvalue weighted by Gasteiger charge is 2.21. The lowest BCUT2D eigenvalue weighted by Crippen LogP contribution is -2.22. The van der Waals surface area contributed by atoms with Crippen molar-refractivity contribution in [2.75, 3.05) is 7.11 Å². The van der Waals surface area contributed by atoms with E-state index in [1.54, 1.807) is 14.0 Å². The van der Waals surface area contributed by atoms with Gasteiger partial charge < -0.3 is 14.9 Å². The van der Waals surface area contributed by atoms with Gasteiger partial charge in [-0.05, 0) is 24.6 Å². The quantitative estimate of drug-likeness (QED) is 0.848. The van der Waals surface area contributed by atoms with Gasteiger partial charge in [-0.15, -0.1) is 10.2 Å². The summed E-state index contributed by atoms with van der Waals surface area (Å²) in [6.07, 6.45) is 0. The minimum atomic E-state index is -0.0516. The van der Waals surface area contributed by atoms with Crippen molar-refractivity contribution in [3.05, 3.63) is 35.7 Å². The molecular weight excluding hydrogens is 262 g/mol. The second kappa shape index (κ2) is 6.08. The second-order valence-corrected chi connectivity index (χ2v) is 5.35. The molecule has 0 spiro atoms.